The van der Waals surface area contributed by atoms with Gasteiger partial charge in [-0.3, -0.25) is 20.3 Å². The zero-order chi connectivity index (χ0) is 23.3. The summed E-state index contributed by atoms with van der Waals surface area (Å²) in [6, 6.07) is 0. The van der Waals surface area contributed by atoms with E-state index in [2.05, 4.69) is 9.73 Å². The summed E-state index contributed by atoms with van der Waals surface area (Å²) >= 11 is 0. The van der Waals surface area contributed by atoms with Crippen molar-refractivity contribution in [3.8, 4) is 0 Å². The van der Waals surface area contributed by atoms with Crippen molar-refractivity contribution in [3.63, 3.8) is 0 Å². The van der Waals surface area contributed by atoms with E-state index >= 15 is 0 Å². The van der Waals surface area contributed by atoms with Crippen LogP contribution in [0.15, 0.2) is 17.3 Å². The predicted molar refractivity (Wildman–Crippen MR) is 89.2 cm³/mol. The minimum atomic E-state index is -4.07. The largest absolute Gasteiger partial charge is 0.462 e. The van der Waals surface area contributed by atoms with Gasteiger partial charge in [0.25, 0.3) is 11.9 Å². The number of aliphatic hydroxyl groups excluding tert-OH is 2. The molecule has 1 amide bonds. The lowest BCUT2D eigenvalue weighted by molar-refractivity contribution is -0.430. The van der Waals surface area contributed by atoms with Gasteiger partial charge in [0, 0.05) is 13.2 Å². The number of amidine groups is 1. The minimum Gasteiger partial charge on any atom is -0.462 e. The SMILES string of the molecule is CN(/C=C\C(=N/C=O)NO)C1OC(COC(=O)C(C(O)(O)O)C(O)(O)O)C(O)C1O. The number of hydrogen-bond donors (Lipinski definition) is 10. The van der Waals surface area contributed by atoms with E-state index in [0.717, 1.165) is 6.08 Å². The Labute approximate surface area is 168 Å². The molecule has 0 aromatic heterocycles. The van der Waals surface area contributed by atoms with Crippen molar-refractivity contribution in [2.75, 3.05) is 13.7 Å². The molecular formula is C14H23N3O13. The highest BCUT2D eigenvalue weighted by Gasteiger charge is 2.54. The Hall–Kier alpha value is -2.25. The maximum atomic E-state index is 11.8. The first-order valence-electron chi connectivity index (χ1n) is 8.08. The molecular weight excluding hydrogens is 418 g/mol. The van der Waals surface area contributed by atoms with Crippen LogP contribution in [-0.2, 0) is 19.1 Å². The number of carbonyl (C=O) groups excluding carboxylic acids is 2. The van der Waals surface area contributed by atoms with Crippen LogP contribution >= 0.6 is 0 Å². The molecule has 0 aromatic carbocycles. The normalized spacial score (nSPS) is 25.6. The molecule has 4 atom stereocenters. The van der Waals surface area contributed by atoms with Gasteiger partial charge in [0.15, 0.2) is 12.1 Å². The third-order valence-corrected chi connectivity index (χ3v) is 3.91. The van der Waals surface area contributed by atoms with Gasteiger partial charge in [0.1, 0.15) is 24.9 Å². The van der Waals surface area contributed by atoms with Crippen LogP contribution in [0.25, 0.3) is 0 Å². The zero-order valence-electron chi connectivity index (χ0n) is 15.4. The van der Waals surface area contributed by atoms with Gasteiger partial charge in [-0.2, -0.15) is 4.99 Å². The molecule has 1 heterocycles. The van der Waals surface area contributed by atoms with Crippen molar-refractivity contribution in [2.24, 2.45) is 10.9 Å². The highest BCUT2D eigenvalue weighted by atomic mass is 16.7. The fraction of sp³-hybridized carbons (Fsp3) is 0.643. The number of nitrogens with zero attached hydrogens (tertiary/aromatic N) is 2. The number of likely N-dealkylation sites (N-methyl/N-ethyl adjacent to an activating group) is 1. The molecule has 0 aromatic rings. The zero-order valence-corrected chi connectivity index (χ0v) is 15.4. The number of rotatable bonds is 9. The van der Waals surface area contributed by atoms with E-state index in [9.17, 15) is 19.8 Å². The Morgan fingerprint density at radius 3 is 2.23 bits per heavy atom. The highest BCUT2D eigenvalue weighted by molar-refractivity contribution is 5.95. The second-order valence-electron chi connectivity index (χ2n) is 6.20. The average molecular weight is 441 g/mol. The maximum absolute atomic E-state index is 11.8. The van der Waals surface area contributed by atoms with Gasteiger partial charge in [0.05, 0.1) is 0 Å². The molecule has 0 saturated carbocycles. The summed E-state index contributed by atoms with van der Waals surface area (Å²) in [5.74, 6) is -13.3. The Bertz CT molecular complexity index is 642. The Kier molecular flexibility index (Phi) is 8.75. The van der Waals surface area contributed by atoms with Crippen LogP contribution in [0, 0.1) is 5.92 Å². The number of aliphatic hydroxyl groups is 8. The number of carbonyl (C=O) groups is 2. The number of amides is 1. The van der Waals surface area contributed by atoms with Crippen molar-refractivity contribution in [3.05, 3.63) is 12.3 Å². The van der Waals surface area contributed by atoms with Crippen molar-refractivity contribution in [1.29, 1.82) is 0 Å². The van der Waals surface area contributed by atoms with Crippen LogP contribution in [-0.4, -0.2) is 119 Å². The third kappa shape index (κ3) is 6.64. The lowest BCUT2D eigenvalue weighted by atomic mass is 10.0. The molecule has 0 radical (unpaired) electrons. The third-order valence-electron chi connectivity index (χ3n) is 3.91. The number of hydrogen-bond acceptors (Lipinski definition) is 14. The van der Waals surface area contributed by atoms with Gasteiger partial charge < -0.3 is 55.2 Å². The number of nitrogens with one attached hydrogen (secondary N) is 1. The molecule has 0 aliphatic carbocycles. The second kappa shape index (κ2) is 10.2. The van der Waals surface area contributed by atoms with Crippen LogP contribution in [0.1, 0.15) is 0 Å². The van der Waals surface area contributed by atoms with Crippen LogP contribution in [0.5, 0.6) is 0 Å². The average Bonchev–Trinajstić information content (AvgIpc) is 2.89. The summed E-state index contributed by atoms with van der Waals surface area (Å²) in [7, 11) is 1.37. The van der Waals surface area contributed by atoms with Crippen LogP contribution < -0.4 is 5.48 Å². The van der Waals surface area contributed by atoms with E-state index in [1.165, 1.54) is 18.1 Å². The summed E-state index contributed by atoms with van der Waals surface area (Å²) in [6.07, 6.45) is -3.38. The van der Waals surface area contributed by atoms with E-state index in [4.69, 9.17) is 40.6 Å². The molecule has 1 aliphatic rings. The standard InChI is InChI=1S/C14H23N3O13/c1-17(3-2-7(16-28)15-5-18)11-9(20)8(19)6(30-11)4-29-12(21)10(13(22,23)24)14(25,26)27/h2-3,5-6,8-11,19-20,22-28H,4H2,1H3,(H,15,16,18)/b3-2-. The Morgan fingerprint density at radius 2 is 1.77 bits per heavy atom. The van der Waals surface area contributed by atoms with Gasteiger partial charge in [-0.05, 0) is 6.08 Å². The van der Waals surface area contributed by atoms with E-state index in [1.54, 1.807) is 5.48 Å². The van der Waals surface area contributed by atoms with Crippen LogP contribution in [0.2, 0.25) is 0 Å². The number of hydroxylamine groups is 1. The van der Waals surface area contributed by atoms with E-state index in [-0.39, 0.29) is 12.2 Å². The summed E-state index contributed by atoms with van der Waals surface area (Å²) in [4.78, 5) is 26.5. The number of esters is 1. The first kappa shape index (κ1) is 25.8. The molecule has 1 aliphatic heterocycles. The Morgan fingerprint density at radius 1 is 1.20 bits per heavy atom. The molecule has 16 heteroatoms. The quantitative estimate of drug-likeness (QED) is 0.0398. The predicted octanol–water partition coefficient (Wildman–Crippen LogP) is -6.17. The topological polar surface area (TPSA) is 262 Å². The summed E-state index contributed by atoms with van der Waals surface area (Å²) < 4.78 is 9.81. The molecule has 1 saturated heterocycles. The number of aliphatic imine (C=N–C) groups is 1. The van der Waals surface area contributed by atoms with Gasteiger partial charge in [-0.1, -0.05) is 0 Å². The van der Waals surface area contributed by atoms with Crippen LogP contribution in [0.3, 0.4) is 0 Å². The summed E-state index contributed by atoms with van der Waals surface area (Å²) in [5.41, 5.74) is 1.62. The smallest absolute Gasteiger partial charge is 0.325 e. The minimum absolute atomic E-state index is 0.144. The fourth-order valence-electron chi connectivity index (χ4n) is 2.47. The van der Waals surface area contributed by atoms with Crippen molar-refractivity contribution < 1.29 is 65.1 Å². The van der Waals surface area contributed by atoms with Crippen molar-refractivity contribution >= 4 is 18.2 Å². The van der Waals surface area contributed by atoms with Crippen molar-refractivity contribution in [2.45, 2.75) is 36.5 Å². The molecule has 16 nitrogen and oxygen atoms in total. The second-order valence-corrected chi connectivity index (χ2v) is 6.20. The molecule has 4 unspecified atom stereocenters. The highest BCUT2D eigenvalue weighted by Crippen LogP contribution is 2.26. The molecule has 0 spiro atoms. The summed E-state index contributed by atoms with van der Waals surface area (Å²) in [6.45, 7) is -0.871. The van der Waals surface area contributed by atoms with E-state index < -0.39 is 55.0 Å². The van der Waals surface area contributed by atoms with Gasteiger partial charge >= 0.3 is 5.97 Å². The first-order valence-corrected chi connectivity index (χ1v) is 8.08. The van der Waals surface area contributed by atoms with Crippen LogP contribution in [0.4, 0.5) is 0 Å². The molecule has 172 valence electrons. The molecule has 1 rings (SSSR count). The lowest BCUT2D eigenvalue weighted by Gasteiger charge is -2.30. The monoisotopic (exact) mass is 441 g/mol. The molecule has 0 bridgehead atoms. The lowest BCUT2D eigenvalue weighted by Crippen LogP contribution is -2.56. The van der Waals surface area contributed by atoms with Crippen molar-refractivity contribution in [1.82, 2.24) is 10.4 Å². The maximum Gasteiger partial charge on any atom is 0.325 e. The first-order chi connectivity index (χ1) is 13.7. The number of ether oxygens (including phenoxy) is 2. The molecule has 30 heavy (non-hydrogen) atoms. The van der Waals surface area contributed by atoms with Gasteiger partial charge in [0.2, 0.25) is 12.3 Å². The van der Waals surface area contributed by atoms with Gasteiger partial charge in [-0.15, -0.1) is 0 Å². The van der Waals surface area contributed by atoms with E-state index in [1.807, 2.05) is 0 Å². The Balaban J connectivity index is 2.80. The summed E-state index contributed by atoms with van der Waals surface area (Å²) in [5, 5.41) is 82.8. The molecule has 1 fully saturated rings. The molecule has 10 N–H and O–H groups in total. The fourth-order valence-corrected chi connectivity index (χ4v) is 2.47. The van der Waals surface area contributed by atoms with Gasteiger partial charge in [-0.25, -0.2) is 0 Å². The van der Waals surface area contributed by atoms with E-state index in [0.29, 0.717) is 0 Å².